The Hall–Kier alpha value is -1.61. The van der Waals surface area contributed by atoms with Crippen LogP contribution in [0.25, 0.3) is 11.4 Å². The second kappa shape index (κ2) is 6.23. The lowest BCUT2D eigenvalue weighted by Gasteiger charge is -2.17. The van der Waals surface area contributed by atoms with E-state index in [0.717, 1.165) is 23.6 Å². The van der Waals surface area contributed by atoms with Gasteiger partial charge in [0.1, 0.15) is 5.82 Å². The van der Waals surface area contributed by atoms with Crippen LogP contribution < -0.4 is 5.32 Å². The van der Waals surface area contributed by atoms with Crippen molar-refractivity contribution in [2.24, 2.45) is 0 Å². The lowest BCUT2D eigenvalue weighted by molar-refractivity contribution is 0.831. The van der Waals surface area contributed by atoms with Crippen LogP contribution in [0.2, 0.25) is 5.02 Å². The topological polar surface area (TPSA) is 37.8 Å². The minimum Gasteiger partial charge on any atom is -0.370 e. The van der Waals surface area contributed by atoms with Crippen LogP contribution >= 0.6 is 11.6 Å². The first-order valence-corrected chi connectivity index (χ1v) is 7.29. The normalized spacial score (nSPS) is 10.9. The van der Waals surface area contributed by atoms with Crippen LogP contribution in [-0.4, -0.2) is 16.5 Å². The van der Waals surface area contributed by atoms with Crippen molar-refractivity contribution in [2.75, 3.05) is 11.9 Å². The lowest BCUT2D eigenvalue weighted by atomic mass is 10.0. The van der Waals surface area contributed by atoms with E-state index in [0.29, 0.717) is 16.8 Å². The van der Waals surface area contributed by atoms with Crippen molar-refractivity contribution < 1.29 is 0 Å². The molecular formula is C16H20ClN3. The van der Waals surface area contributed by atoms with Crippen molar-refractivity contribution in [2.45, 2.75) is 33.6 Å². The molecule has 0 aliphatic carbocycles. The van der Waals surface area contributed by atoms with Crippen molar-refractivity contribution in [1.29, 1.82) is 0 Å². The monoisotopic (exact) mass is 289 g/mol. The Morgan fingerprint density at radius 1 is 1.20 bits per heavy atom. The minimum atomic E-state index is 0.379. The molecule has 0 fully saturated rings. The third-order valence-electron chi connectivity index (χ3n) is 3.17. The number of nitrogens with one attached hydrogen (secondary N) is 1. The molecule has 0 saturated heterocycles. The number of benzene rings is 1. The highest BCUT2D eigenvalue weighted by Crippen LogP contribution is 2.30. The second-order valence-electron chi connectivity index (χ2n) is 5.06. The molecule has 0 amide bonds. The van der Waals surface area contributed by atoms with Crippen LogP contribution in [0.3, 0.4) is 0 Å². The van der Waals surface area contributed by atoms with E-state index in [1.54, 1.807) is 0 Å². The number of anilines is 1. The van der Waals surface area contributed by atoms with Gasteiger partial charge in [0.2, 0.25) is 0 Å². The van der Waals surface area contributed by atoms with Crippen LogP contribution in [0, 0.1) is 6.92 Å². The standard InChI is InChI=1S/C16H20ClN3/c1-5-18-16-14(10(2)3)11(4)19-15(20-16)12-8-6-7-9-13(12)17/h6-10H,5H2,1-4H3,(H,18,19,20). The van der Waals surface area contributed by atoms with Gasteiger partial charge in [-0.1, -0.05) is 37.6 Å². The molecule has 3 nitrogen and oxygen atoms in total. The van der Waals surface area contributed by atoms with Crippen molar-refractivity contribution in [1.82, 2.24) is 9.97 Å². The largest absolute Gasteiger partial charge is 0.370 e. The van der Waals surface area contributed by atoms with Gasteiger partial charge in [0, 0.05) is 23.4 Å². The van der Waals surface area contributed by atoms with Gasteiger partial charge in [0.15, 0.2) is 5.82 Å². The SMILES string of the molecule is CCNc1nc(-c2ccccc2Cl)nc(C)c1C(C)C. The zero-order valence-electron chi connectivity index (χ0n) is 12.4. The number of aromatic nitrogens is 2. The van der Waals surface area contributed by atoms with E-state index in [-0.39, 0.29) is 0 Å². The lowest BCUT2D eigenvalue weighted by Crippen LogP contribution is -2.09. The molecule has 2 aromatic rings. The molecule has 1 heterocycles. The summed E-state index contributed by atoms with van der Waals surface area (Å²) in [5.74, 6) is 1.96. The van der Waals surface area contributed by atoms with Crippen LogP contribution in [-0.2, 0) is 0 Å². The van der Waals surface area contributed by atoms with Gasteiger partial charge >= 0.3 is 0 Å². The highest BCUT2D eigenvalue weighted by atomic mass is 35.5. The van der Waals surface area contributed by atoms with Gasteiger partial charge in [-0.15, -0.1) is 0 Å². The van der Waals surface area contributed by atoms with Gasteiger partial charge in [-0.3, -0.25) is 0 Å². The van der Waals surface area contributed by atoms with E-state index >= 15 is 0 Å². The molecule has 1 aromatic carbocycles. The van der Waals surface area contributed by atoms with Crippen LogP contribution in [0.4, 0.5) is 5.82 Å². The molecule has 0 unspecified atom stereocenters. The molecular weight excluding hydrogens is 270 g/mol. The number of aryl methyl sites for hydroxylation is 1. The number of nitrogens with zero attached hydrogens (tertiary/aromatic N) is 2. The predicted octanol–water partition coefficient (Wildman–Crippen LogP) is 4.66. The molecule has 20 heavy (non-hydrogen) atoms. The molecule has 2 rings (SSSR count). The Bertz CT molecular complexity index is 609. The van der Waals surface area contributed by atoms with Gasteiger partial charge < -0.3 is 5.32 Å². The molecule has 0 radical (unpaired) electrons. The highest BCUT2D eigenvalue weighted by Gasteiger charge is 2.16. The summed E-state index contributed by atoms with van der Waals surface area (Å²) in [6, 6.07) is 7.66. The first-order valence-electron chi connectivity index (χ1n) is 6.91. The van der Waals surface area contributed by atoms with Crippen LogP contribution in [0.1, 0.15) is 37.9 Å². The zero-order valence-corrected chi connectivity index (χ0v) is 13.1. The Labute approximate surface area is 125 Å². The summed E-state index contributed by atoms with van der Waals surface area (Å²) in [6.07, 6.45) is 0. The predicted molar refractivity (Wildman–Crippen MR) is 85.5 cm³/mol. The van der Waals surface area contributed by atoms with Crippen molar-refractivity contribution in [3.05, 3.63) is 40.5 Å². The van der Waals surface area contributed by atoms with Gasteiger partial charge in [-0.25, -0.2) is 9.97 Å². The maximum Gasteiger partial charge on any atom is 0.163 e. The molecule has 0 atom stereocenters. The highest BCUT2D eigenvalue weighted by molar-refractivity contribution is 6.33. The summed E-state index contributed by atoms with van der Waals surface area (Å²) in [7, 11) is 0. The van der Waals surface area contributed by atoms with Gasteiger partial charge in [-0.2, -0.15) is 0 Å². The average Bonchev–Trinajstić information content (AvgIpc) is 2.38. The molecule has 1 aromatic heterocycles. The van der Waals surface area contributed by atoms with Gasteiger partial charge in [0.25, 0.3) is 0 Å². The Morgan fingerprint density at radius 2 is 1.90 bits per heavy atom. The average molecular weight is 290 g/mol. The second-order valence-corrected chi connectivity index (χ2v) is 5.47. The molecule has 0 aliphatic heterocycles. The summed E-state index contributed by atoms with van der Waals surface area (Å²) in [4.78, 5) is 9.30. The molecule has 106 valence electrons. The van der Waals surface area contributed by atoms with E-state index in [1.165, 1.54) is 5.56 Å². The van der Waals surface area contributed by atoms with Crippen molar-refractivity contribution >= 4 is 17.4 Å². The van der Waals surface area contributed by atoms with E-state index in [1.807, 2.05) is 31.2 Å². The Balaban J connectivity index is 2.60. The molecule has 0 spiro atoms. The molecule has 0 aliphatic rings. The number of hydrogen-bond donors (Lipinski definition) is 1. The summed E-state index contributed by atoms with van der Waals surface area (Å²) < 4.78 is 0. The molecule has 1 N–H and O–H groups in total. The summed E-state index contributed by atoms with van der Waals surface area (Å²) >= 11 is 6.24. The molecule has 0 saturated carbocycles. The summed E-state index contributed by atoms with van der Waals surface area (Å²) in [6.45, 7) is 9.23. The third-order valence-corrected chi connectivity index (χ3v) is 3.50. The summed E-state index contributed by atoms with van der Waals surface area (Å²) in [5.41, 5.74) is 3.04. The van der Waals surface area contributed by atoms with E-state index in [4.69, 9.17) is 11.6 Å². The first-order chi connectivity index (χ1) is 9.54. The number of halogens is 1. The van der Waals surface area contributed by atoms with Gasteiger partial charge in [0.05, 0.1) is 5.02 Å². The maximum absolute atomic E-state index is 6.24. The first kappa shape index (κ1) is 14.8. The number of rotatable bonds is 4. The minimum absolute atomic E-state index is 0.379. The summed E-state index contributed by atoms with van der Waals surface area (Å²) in [5, 5.41) is 4.01. The van der Waals surface area contributed by atoms with Crippen molar-refractivity contribution in [3.8, 4) is 11.4 Å². The molecule has 4 heteroatoms. The van der Waals surface area contributed by atoms with Crippen LogP contribution in [0.5, 0.6) is 0 Å². The maximum atomic E-state index is 6.24. The Kier molecular flexibility index (Phi) is 4.61. The van der Waals surface area contributed by atoms with Gasteiger partial charge in [-0.05, 0) is 31.9 Å². The fourth-order valence-corrected chi connectivity index (χ4v) is 2.56. The van der Waals surface area contributed by atoms with Crippen LogP contribution in [0.15, 0.2) is 24.3 Å². The van der Waals surface area contributed by atoms with E-state index in [9.17, 15) is 0 Å². The van der Waals surface area contributed by atoms with Crippen molar-refractivity contribution in [3.63, 3.8) is 0 Å². The smallest absolute Gasteiger partial charge is 0.163 e. The third kappa shape index (κ3) is 2.93. The fraction of sp³-hybridized carbons (Fsp3) is 0.375. The Morgan fingerprint density at radius 3 is 2.50 bits per heavy atom. The zero-order chi connectivity index (χ0) is 14.7. The number of hydrogen-bond acceptors (Lipinski definition) is 3. The fourth-order valence-electron chi connectivity index (χ4n) is 2.34. The van der Waals surface area contributed by atoms with E-state index < -0.39 is 0 Å². The molecule has 0 bridgehead atoms. The quantitative estimate of drug-likeness (QED) is 0.889. The van der Waals surface area contributed by atoms with E-state index in [2.05, 4.69) is 36.1 Å².